The van der Waals surface area contributed by atoms with E-state index in [0.29, 0.717) is 19.6 Å². The summed E-state index contributed by atoms with van der Waals surface area (Å²) in [5.41, 5.74) is 1.78. The van der Waals surface area contributed by atoms with Gasteiger partial charge in [0.05, 0.1) is 19.9 Å². The van der Waals surface area contributed by atoms with Crippen molar-refractivity contribution in [3.8, 4) is 5.75 Å². The zero-order chi connectivity index (χ0) is 13.2. The summed E-state index contributed by atoms with van der Waals surface area (Å²) in [4.78, 5) is 14.0. The normalized spacial score (nSPS) is 13.7. The molecule has 6 nitrogen and oxygen atoms in total. The van der Waals surface area contributed by atoms with Gasteiger partial charge in [0.1, 0.15) is 5.75 Å². The van der Waals surface area contributed by atoms with Crippen LogP contribution in [0.1, 0.15) is 15.9 Å². The highest BCUT2D eigenvalue weighted by Crippen LogP contribution is 2.26. The topological polar surface area (TPSA) is 60.2 Å². The van der Waals surface area contributed by atoms with E-state index in [1.807, 2.05) is 23.1 Å². The Morgan fingerprint density at radius 1 is 1.37 bits per heavy atom. The molecule has 1 aromatic heterocycles. The molecule has 0 saturated carbocycles. The molecular weight excluding hydrogens is 244 g/mol. The van der Waals surface area contributed by atoms with Crippen LogP contribution >= 0.6 is 0 Å². The first-order chi connectivity index (χ1) is 9.28. The third-order valence-corrected chi connectivity index (χ3v) is 3.26. The zero-order valence-corrected chi connectivity index (χ0v) is 10.6. The smallest absolute Gasteiger partial charge is 0.254 e. The van der Waals surface area contributed by atoms with Crippen molar-refractivity contribution in [3.63, 3.8) is 0 Å². The second kappa shape index (κ2) is 4.72. The van der Waals surface area contributed by atoms with Gasteiger partial charge in [0, 0.05) is 24.8 Å². The predicted octanol–water partition coefficient (Wildman–Crippen LogP) is 0.943. The Hall–Kier alpha value is -2.37. The Bertz CT molecular complexity index is 595. The fourth-order valence-corrected chi connectivity index (χ4v) is 2.24. The lowest BCUT2D eigenvalue weighted by atomic mass is 10.1. The maximum absolute atomic E-state index is 12.2. The van der Waals surface area contributed by atoms with Gasteiger partial charge in [-0.05, 0) is 23.8 Å². The van der Waals surface area contributed by atoms with Gasteiger partial charge in [0.15, 0.2) is 0 Å². The van der Waals surface area contributed by atoms with Gasteiger partial charge < -0.3 is 9.64 Å². The average molecular weight is 258 g/mol. The molecular formula is C13H14N4O2. The van der Waals surface area contributed by atoms with Crippen LogP contribution in [0.15, 0.2) is 30.6 Å². The van der Waals surface area contributed by atoms with Crippen LogP contribution in [0.3, 0.4) is 0 Å². The summed E-state index contributed by atoms with van der Waals surface area (Å²) >= 11 is 0. The second-order valence-corrected chi connectivity index (χ2v) is 4.42. The minimum atomic E-state index is 0.0674. The molecule has 2 heterocycles. The number of aromatic nitrogens is 3. The highest BCUT2D eigenvalue weighted by atomic mass is 16.5. The van der Waals surface area contributed by atoms with E-state index in [9.17, 15) is 4.79 Å². The van der Waals surface area contributed by atoms with E-state index in [1.165, 1.54) is 0 Å². The number of hydrogen-bond donors (Lipinski definition) is 0. The Morgan fingerprint density at radius 2 is 2.26 bits per heavy atom. The van der Waals surface area contributed by atoms with E-state index in [-0.39, 0.29) is 5.91 Å². The molecule has 0 saturated heterocycles. The van der Waals surface area contributed by atoms with Crippen LogP contribution in [0, 0.1) is 0 Å². The van der Waals surface area contributed by atoms with Crippen LogP contribution in [0.2, 0.25) is 0 Å². The number of nitrogens with zero attached hydrogens (tertiary/aromatic N) is 4. The number of methoxy groups -OCH3 is 1. The van der Waals surface area contributed by atoms with Crippen molar-refractivity contribution in [3.05, 3.63) is 41.7 Å². The fourth-order valence-electron chi connectivity index (χ4n) is 2.24. The summed E-state index contributed by atoms with van der Waals surface area (Å²) in [7, 11) is 1.63. The summed E-state index contributed by atoms with van der Waals surface area (Å²) in [6.45, 7) is 1.90. The minimum absolute atomic E-state index is 0.0674. The van der Waals surface area contributed by atoms with E-state index in [0.717, 1.165) is 16.9 Å². The van der Waals surface area contributed by atoms with Crippen LogP contribution in [-0.4, -0.2) is 39.5 Å². The molecule has 0 unspecified atom stereocenters. The lowest BCUT2D eigenvalue weighted by molar-refractivity contribution is 0.0771. The van der Waals surface area contributed by atoms with Gasteiger partial charge in [-0.25, -0.2) is 0 Å². The van der Waals surface area contributed by atoms with Crippen molar-refractivity contribution in [1.29, 1.82) is 0 Å². The monoisotopic (exact) mass is 258 g/mol. The fraction of sp³-hybridized carbons (Fsp3) is 0.308. The molecule has 0 radical (unpaired) electrons. The third kappa shape index (κ3) is 2.16. The van der Waals surface area contributed by atoms with Crippen LogP contribution in [0.4, 0.5) is 0 Å². The summed E-state index contributed by atoms with van der Waals surface area (Å²) in [5.74, 6) is 0.849. The van der Waals surface area contributed by atoms with E-state index >= 15 is 0 Å². The molecule has 0 aliphatic carbocycles. The summed E-state index contributed by atoms with van der Waals surface area (Å²) in [5, 5.41) is 7.63. The Morgan fingerprint density at radius 3 is 3.00 bits per heavy atom. The highest BCUT2D eigenvalue weighted by Gasteiger charge is 2.27. The molecule has 0 N–H and O–H groups in total. The van der Waals surface area contributed by atoms with Crippen molar-refractivity contribution in [1.82, 2.24) is 19.9 Å². The van der Waals surface area contributed by atoms with E-state index in [1.54, 1.807) is 24.2 Å². The van der Waals surface area contributed by atoms with E-state index < -0.39 is 0 Å². The number of benzene rings is 1. The molecule has 3 rings (SSSR count). The Kier molecular flexibility index (Phi) is 2.91. The third-order valence-electron chi connectivity index (χ3n) is 3.26. The van der Waals surface area contributed by atoms with Gasteiger partial charge in [-0.1, -0.05) is 5.21 Å². The number of rotatable bonds is 4. The first-order valence-electron chi connectivity index (χ1n) is 6.08. The molecule has 0 spiro atoms. The van der Waals surface area contributed by atoms with Crippen LogP contribution in [-0.2, 0) is 13.1 Å². The molecule has 0 bridgehead atoms. The van der Waals surface area contributed by atoms with Crippen molar-refractivity contribution < 1.29 is 9.53 Å². The Balaban J connectivity index is 1.72. The van der Waals surface area contributed by atoms with Gasteiger partial charge >= 0.3 is 0 Å². The molecule has 0 atom stereocenters. The molecule has 19 heavy (non-hydrogen) atoms. The second-order valence-electron chi connectivity index (χ2n) is 4.42. The number of ether oxygens (including phenoxy) is 1. The standard InChI is InChI=1S/C13H14N4O2/c1-19-11-2-3-12-10(8-11)9-16(13(12)18)6-7-17-5-4-14-15-17/h2-5,8H,6-7,9H2,1H3. The summed E-state index contributed by atoms with van der Waals surface area (Å²) < 4.78 is 6.90. The quantitative estimate of drug-likeness (QED) is 0.819. The van der Waals surface area contributed by atoms with Crippen molar-refractivity contribution in [2.45, 2.75) is 13.1 Å². The molecule has 2 aromatic rings. The molecule has 1 aliphatic rings. The highest BCUT2D eigenvalue weighted by molar-refractivity contribution is 5.98. The van der Waals surface area contributed by atoms with Crippen LogP contribution < -0.4 is 4.74 Å². The largest absolute Gasteiger partial charge is 0.497 e. The van der Waals surface area contributed by atoms with Crippen LogP contribution in [0.5, 0.6) is 5.75 Å². The molecule has 1 amide bonds. The molecule has 1 aromatic carbocycles. The van der Waals surface area contributed by atoms with Crippen molar-refractivity contribution >= 4 is 5.91 Å². The number of carbonyl (C=O) groups is 1. The molecule has 98 valence electrons. The molecule has 6 heteroatoms. The number of fused-ring (bicyclic) bond motifs is 1. The Labute approximate surface area is 110 Å². The van der Waals surface area contributed by atoms with Gasteiger partial charge in [-0.2, -0.15) is 0 Å². The zero-order valence-electron chi connectivity index (χ0n) is 10.6. The van der Waals surface area contributed by atoms with Gasteiger partial charge in [0.2, 0.25) is 0 Å². The first-order valence-corrected chi connectivity index (χ1v) is 6.08. The molecule has 0 fully saturated rings. The van der Waals surface area contributed by atoms with E-state index in [2.05, 4.69) is 10.3 Å². The average Bonchev–Trinajstić information content (AvgIpc) is 3.04. The SMILES string of the molecule is COc1ccc2c(c1)CN(CCn1ccnn1)C2=O. The van der Waals surface area contributed by atoms with E-state index in [4.69, 9.17) is 4.74 Å². The van der Waals surface area contributed by atoms with Gasteiger partial charge in [-0.3, -0.25) is 9.48 Å². The summed E-state index contributed by atoms with van der Waals surface area (Å²) in [6, 6.07) is 5.56. The maximum Gasteiger partial charge on any atom is 0.254 e. The predicted molar refractivity (Wildman–Crippen MR) is 67.8 cm³/mol. The number of hydrogen-bond acceptors (Lipinski definition) is 4. The summed E-state index contributed by atoms with van der Waals surface area (Å²) in [6.07, 6.45) is 3.42. The van der Waals surface area contributed by atoms with Crippen molar-refractivity contribution in [2.24, 2.45) is 0 Å². The van der Waals surface area contributed by atoms with Gasteiger partial charge in [0.25, 0.3) is 5.91 Å². The maximum atomic E-state index is 12.2. The minimum Gasteiger partial charge on any atom is -0.497 e. The number of amides is 1. The van der Waals surface area contributed by atoms with Crippen molar-refractivity contribution in [2.75, 3.05) is 13.7 Å². The van der Waals surface area contributed by atoms with Gasteiger partial charge in [-0.15, -0.1) is 5.10 Å². The number of carbonyl (C=O) groups excluding carboxylic acids is 1. The van der Waals surface area contributed by atoms with Crippen LogP contribution in [0.25, 0.3) is 0 Å². The molecule has 1 aliphatic heterocycles. The lowest BCUT2D eigenvalue weighted by Crippen LogP contribution is -2.28. The first kappa shape index (κ1) is 11.7. The lowest BCUT2D eigenvalue weighted by Gasteiger charge is -2.14.